The third-order valence-corrected chi connectivity index (χ3v) is 2.50. The first-order chi connectivity index (χ1) is 7.33. The van der Waals surface area contributed by atoms with Gasteiger partial charge in [0, 0.05) is 17.1 Å². The number of hydrogen-bond donors (Lipinski definition) is 1. The number of nitrogens with one attached hydrogen (secondary N) is 1. The van der Waals surface area contributed by atoms with E-state index >= 15 is 0 Å². The molecule has 0 fully saturated rings. The van der Waals surface area contributed by atoms with Crippen LogP contribution in [0, 0.1) is 0 Å². The SMILES string of the molecule is CNCC(F)(c1ccccc1Cl)C(F)(F)F. The molecule has 0 spiro atoms. The van der Waals surface area contributed by atoms with Crippen LogP contribution in [0.4, 0.5) is 17.6 Å². The van der Waals surface area contributed by atoms with Crippen molar-refractivity contribution in [3.63, 3.8) is 0 Å². The Hall–Kier alpha value is -0.810. The van der Waals surface area contributed by atoms with Gasteiger partial charge in [-0.2, -0.15) is 13.2 Å². The fraction of sp³-hybridized carbons (Fsp3) is 0.400. The highest BCUT2D eigenvalue weighted by molar-refractivity contribution is 6.31. The molecule has 0 heterocycles. The standard InChI is InChI=1S/C10H10ClF4N/c1-16-6-9(12,10(13,14)15)7-4-2-3-5-8(7)11/h2-5,16H,6H2,1H3. The Bertz CT molecular complexity index is 366. The molecule has 0 aliphatic rings. The molecule has 0 aliphatic heterocycles. The number of hydrogen-bond acceptors (Lipinski definition) is 1. The van der Waals surface area contributed by atoms with Gasteiger partial charge < -0.3 is 5.32 Å². The van der Waals surface area contributed by atoms with Crippen molar-refractivity contribution in [2.75, 3.05) is 13.6 Å². The van der Waals surface area contributed by atoms with Crippen molar-refractivity contribution in [1.29, 1.82) is 0 Å². The van der Waals surface area contributed by atoms with Gasteiger partial charge in [0.2, 0.25) is 5.67 Å². The van der Waals surface area contributed by atoms with Crippen molar-refractivity contribution in [1.82, 2.24) is 5.32 Å². The van der Waals surface area contributed by atoms with Crippen LogP contribution in [0.2, 0.25) is 5.02 Å². The van der Waals surface area contributed by atoms with Gasteiger partial charge in [0.15, 0.2) is 0 Å². The molecule has 0 saturated carbocycles. The van der Waals surface area contributed by atoms with E-state index in [0.29, 0.717) is 0 Å². The van der Waals surface area contributed by atoms with Crippen LogP contribution in [0.15, 0.2) is 24.3 Å². The van der Waals surface area contributed by atoms with E-state index in [9.17, 15) is 17.6 Å². The van der Waals surface area contributed by atoms with Crippen LogP contribution in [0.25, 0.3) is 0 Å². The predicted octanol–water partition coefficient (Wildman–Crippen LogP) is 3.29. The van der Waals surface area contributed by atoms with Crippen LogP contribution >= 0.6 is 11.6 Å². The number of halogens is 5. The summed E-state index contributed by atoms with van der Waals surface area (Å²) >= 11 is 5.58. The Labute approximate surface area is 95.4 Å². The van der Waals surface area contributed by atoms with Gasteiger partial charge in [0.1, 0.15) is 0 Å². The Morgan fingerprint density at radius 1 is 1.19 bits per heavy atom. The van der Waals surface area contributed by atoms with Crippen LogP contribution in [0.5, 0.6) is 0 Å². The third-order valence-electron chi connectivity index (χ3n) is 2.17. The first-order valence-corrected chi connectivity index (χ1v) is 4.86. The van der Waals surface area contributed by atoms with E-state index in [-0.39, 0.29) is 5.02 Å². The molecule has 0 amide bonds. The number of benzene rings is 1. The van der Waals surface area contributed by atoms with Gasteiger partial charge in [0.05, 0.1) is 0 Å². The normalized spacial score (nSPS) is 15.9. The number of rotatable bonds is 3. The Balaban J connectivity index is 3.28. The Kier molecular flexibility index (Phi) is 3.80. The molecule has 6 heteroatoms. The lowest BCUT2D eigenvalue weighted by Gasteiger charge is -2.28. The topological polar surface area (TPSA) is 12.0 Å². The van der Waals surface area contributed by atoms with E-state index in [1.807, 2.05) is 0 Å². The average molecular weight is 256 g/mol. The van der Waals surface area contributed by atoms with Crippen molar-refractivity contribution < 1.29 is 17.6 Å². The van der Waals surface area contributed by atoms with Gasteiger partial charge in [0.25, 0.3) is 0 Å². The van der Waals surface area contributed by atoms with Crippen molar-refractivity contribution in [2.45, 2.75) is 11.8 Å². The van der Waals surface area contributed by atoms with Gasteiger partial charge in [-0.1, -0.05) is 29.8 Å². The second kappa shape index (κ2) is 4.59. The largest absolute Gasteiger partial charge is 0.428 e. The van der Waals surface area contributed by atoms with Gasteiger partial charge in [-0.05, 0) is 13.1 Å². The zero-order chi connectivity index (χ0) is 12.4. The zero-order valence-corrected chi connectivity index (χ0v) is 9.16. The Morgan fingerprint density at radius 3 is 2.19 bits per heavy atom. The molecular formula is C10H10ClF4N. The summed E-state index contributed by atoms with van der Waals surface area (Å²) in [5.74, 6) is 0. The smallest absolute Gasteiger partial charge is 0.316 e. The summed E-state index contributed by atoms with van der Waals surface area (Å²) in [6.45, 7) is -0.875. The fourth-order valence-corrected chi connectivity index (χ4v) is 1.66. The molecular weight excluding hydrogens is 246 g/mol. The van der Waals surface area contributed by atoms with E-state index in [2.05, 4.69) is 5.32 Å². The lowest BCUT2D eigenvalue weighted by molar-refractivity contribution is -0.233. The predicted molar refractivity (Wildman–Crippen MR) is 54.2 cm³/mol. The molecule has 0 saturated heterocycles. The molecule has 0 radical (unpaired) electrons. The quantitative estimate of drug-likeness (QED) is 0.818. The summed E-state index contributed by atoms with van der Waals surface area (Å²) in [7, 11) is 1.25. The van der Waals surface area contributed by atoms with Crippen molar-refractivity contribution in [3.05, 3.63) is 34.9 Å². The molecule has 1 atom stereocenters. The van der Waals surface area contributed by atoms with Crippen molar-refractivity contribution in [2.24, 2.45) is 0 Å². The second-order valence-corrected chi connectivity index (χ2v) is 3.72. The maximum Gasteiger partial charge on any atom is 0.428 e. The lowest BCUT2D eigenvalue weighted by Crippen LogP contribution is -2.45. The van der Waals surface area contributed by atoms with Crippen LogP contribution in [-0.4, -0.2) is 19.8 Å². The molecule has 90 valence electrons. The highest BCUT2D eigenvalue weighted by Gasteiger charge is 2.57. The van der Waals surface area contributed by atoms with E-state index < -0.39 is 24.0 Å². The minimum absolute atomic E-state index is 0.238. The van der Waals surface area contributed by atoms with Gasteiger partial charge in [-0.25, -0.2) is 4.39 Å². The van der Waals surface area contributed by atoms with Crippen LogP contribution < -0.4 is 5.32 Å². The summed E-state index contributed by atoms with van der Waals surface area (Å²) in [5, 5.41) is 1.95. The van der Waals surface area contributed by atoms with E-state index in [1.165, 1.54) is 25.2 Å². The number of alkyl halides is 4. The first kappa shape index (κ1) is 13.3. The molecule has 0 aromatic heterocycles. The van der Waals surface area contributed by atoms with E-state index in [0.717, 1.165) is 6.07 Å². The van der Waals surface area contributed by atoms with Crippen LogP contribution in [-0.2, 0) is 5.67 Å². The average Bonchev–Trinajstić information content (AvgIpc) is 2.16. The molecule has 1 rings (SSSR count). The maximum absolute atomic E-state index is 14.0. The third kappa shape index (κ3) is 2.30. The van der Waals surface area contributed by atoms with Gasteiger partial charge >= 0.3 is 6.18 Å². The fourth-order valence-electron chi connectivity index (χ4n) is 1.37. The lowest BCUT2D eigenvalue weighted by atomic mass is 9.95. The van der Waals surface area contributed by atoms with Gasteiger partial charge in [-0.15, -0.1) is 0 Å². The first-order valence-electron chi connectivity index (χ1n) is 4.48. The molecule has 1 aromatic rings. The Morgan fingerprint density at radius 2 is 1.75 bits per heavy atom. The van der Waals surface area contributed by atoms with Crippen molar-refractivity contribution >= 4 is 11.6 Å². The highest BCUT2D eigenvalue weighted by Crippen LogP contribution is 2.44. The molecule has 1 aromatic carbocycles. The summed E-state index contributed by atoms with van der Waals surface area (Å²) in [5.41, 5.74) is -4.04. The van der Waals surface area contributed by atoms with Crippen LogP contribution in [0.3, 0.4) is 0 Å². The monoisotopic (exact) mass is 255 g/mol. The van der Waals surface area contributed by atoms with E-state index in [4.69, 9.17) is 11.6 Å². The second-order valence-electron chi connectivity index (χ2n) is 3.31. The zero-order valence-electron chi connectivity index (χ0n) is 8.41. The minimum atomic E-state index is -5.01. The van der Waals surface area contributed by atoms with E-state index in [1.54, 1.807) is 0 Å². The van der Waals surface area contributed by atoms with Crippen LogP contribution in [0.1, 0.15) is 5.56 Å². The number of likely N-dealkylation sites (N-methyl/N-ethyl adjacent to an activating group) is 1. The molecule has 1 nitrogen and oxygen atoms in total. The van der Waals surface area contributed by atoms with Gasteiger partial charge in [-0.3, -0.25) is 0 Å². The maximum atomic E-state index is 14.0. The van der Waals surface area contributed by atoms with Crippen molar-refractivity contribution in [3.8, 4) is 0 Å². The highest BCUT2D eigenvalue weighted by atomic mass is 35.5. The molecule has 16 heavy (non-hydrogen) atoms. The summed E-state index contributed by atoms with van der Waals surface area (Å²) in [4.78, 5) is 0. The molecule has 0 bridgehead atoms. The molecule has 1 unspecified atom stereocenters. The molecule has 0 aliphatic carbocycles. The molecule has 1 N–H and O–H groups in total. The summed E-state index contributed by atoms with van der Waals surface area (Å²) < 4.78 is 52.1. The summed E-state index contributed by atoms with van der Waals surface area (Å²) in [6, 6.07) is 5.03. The minimum Gasteiger partial charge on any atom is -0.316 e. The summed E-state index contributed by atoms with van der Waals surface area (Å²) in [6.07, 6.45) is -5.01.